The summed E-state index contributed by atoms with van der Waals surface area (Å²) in [4.78, 5) is 0. The molecule has 0 fully saturated rings. The Hall–Kier alpha value is -2.57. The first-order valence-corrected chi connectivity index (χ1v) is 8.52. The summed E-state index contributed by atoms with van der Waals surface area (Å²) in [5, 5.41) is 19.9. The van der Waals surface area contributed by atoms with Crippen molar-refractivity contribution in [2.24, 2.45) is 8.80 Å². The molecule has 1 heterocycles. The van der Waals surface area contributed by atoms with Crippen LogP contribution in [0.5, 0.6) is 0 Å². The maximum atomic E-state index is 9.42. The molecule has 2 aromatic carbocycles. The number of nitrogens with zero attached hydrogens (tertiary/aromatic N) is 4. The molecule has 0 saturated heterocycles. The lowest BCUT2D eigenvalue weighted by atomic mass is 9.91. The molecular formula is C18H8Cl2N4S. The van der Waals surface area contributed by atoms with E-state index in [-0.39, 0.29) is 5.57 Å². The highest BCUT2D eigenvalue weighted by Crippen LogP contribution is 2.29. The molecule has 1 aliphatic heterocycles. The summed E-state index contributed by atoms with van der Waals surface area (Å²) in [5.74, 6) is 0. The van der Waals surface area contributed by atoms with E-state index >= 15 is 0 Å². The number of hydrogen-bond donors (Lipinski definition) is 0. The molecule has 0 bridgehead atoms. The number of rotatable bonds is 2. The van der Waals surface area contributed by atoms with E-state index in [0.29, 0.717) is 38.2 Å². The topological polar surface area (TPSA) is 72.3 Å². The molecule has 25 heavy (non-hydrogen) atoms. The highest BCUT2D eigenvalue weighted by molar-refractivity contribution is 7.97. The molecule has 0 N–H and O–H groups in total. The van der Waals surface area contributed by atoms with Crippen LogP contribution in [0.15, 0.2) is 68.5 Å². The molecule has 0 atom stereocenters. The number of hydrogen-bond acceptors (Lipinski definition) is 5. The first-order chi connectivity index (χ1) is 12.1. The third-order valence-corrected chi connectivity index (χ3v) is 4.41. The molecule has 0 unspecified atom stereocenters. The van der Waals surface area contributed by atoms with Crippen molar-refractivity contribution in [2.75, 3.05) is 0 Å². The third kappa shape index (κ3) is 3.60. The maximum Gasteiger partial charge on any atom is 0.141 e. The summed E-state index contributed by atoms with van der Waals surface area (Å²) in [5.41, 5.74) is 2.66. The first-order valence-electron chi connectivity index (χ1n) is 7.03. The van der Waals surface area contributed by atoms with Crippen LogP contribution in [0.2, 0.25) is 10.0 Å². The average molecular weight is 383 g/mol. The second-order valence-electron chi connectivity index (χ2n) is 4.96. The van der Waals surface area contributed by atoms with Gasteiger partial charge in [0.15, 0.2) is 0 Å². The smallest absolute Gasteiger partial charge is 0.141 e. The van der Waals surface area contributed by atoms with Gasteiger partial charge in [-0.2, -0.15) is 19.3 Å². The Kier molecular flexibility index (Phi) is 5.21. The van der Waals surface area contributed by atoms with Gasteiger partial charge in [0.05, 0.1) is 17.0 Å². The molecule has 3 rings (SSSR count). The van der Waals surface area contributed by atoms with Gasteiger partial charge in [-0.15, -0.1) is 0 Å². The van der Waals surface area contributed by atoms with Gasteiger partial charge in [0.2, 0.25) is 0 Å². The fourth-order valence-electron chi connectivity index (χ4n) is 2.34. The Balaban J connectivity index is 2.22. The van der Waals surface area contributed by atoms with Gasteiger partial charge in [-0.05, 0) is 24.3 Å². The summed E-state index contributed by atoms with van der Waals surface area (Å²) in [7, 11) is 0. The molecule has 1 aliphatic rings. The Morgan fingerprint density at radius 1 is 0.840 bits per heavy atom. The molecule has 0 aromatic heterocycles. The van der Waals surface area contributed by atoms with E-state index in [1.807, 2.05) is 24.3 Å². The number of nitriles is 2. The van der Waals surface area contributed by atoms with Crippen LogP contribution < -0.4 is 0 Å². The second kappa shape index (κ2) is 7.55. The summed E-state index contributed by atoms with van der Waals surface area (Å²) >= 11 is 13.1. The Morgan fingerprint density at radius 2 is 1.32 bits per heavy atom. The predicted octanol–water partition coefficient (Wildman–Crippen LogP) is 5.19. The van der Waals surface area contributed by atoms with Gasteiger partial charge in [0.25, 0.3) is 0 Å². The zero-order chi connectivity index (χ0) is 17.8. The lowest BCUT2D eigenvalue weighted by Crippen LogP contribution is -2.19. The molecule has 120 valence electrons. The zero-order valence-electron chi connectivity index (χ0n) is 12.6. The number of benzene rings is 2. The largest absolute Gasteiger partial charge is 0.192 e. The highest BCUT2D eigenvalue weighted by Gasteiger charge is 2.26. The molecule has 2 aromatic rings. The van der Waals surface area contributed by atoms with Crippen molar-refractivity contribution in [3.63, 3.8) is 0 Å². The predicted molar refractivity (Wildman–Crippen MR) is 102 cm³/mol. The molecule has 4 nitrogen and oxygen atoms in total. The van der Waals surface area contributed by atoms with Gasteiger partial charge in [0, 0.05) is 21.2 Å². The van der Waals surface area contributed by atoms with Crippen molar-refractivity contribution in [1.82, 2.24) is 0 Å². The van der Waals surface area contributed by atoms with Gasteiger partial charge < -0.3 is 0 Å². The zero-order valence-corrected chi connectivity index (χ0v) is 14.9. The number of allylic oxidation sites excluding steroid dienone is 2. The van der Waals surface area contributed by atoms with E-state index in [9.17, 15) is 10.5 Å². The minimum atomic E-state index is -0.0715. The fourth-order valence-corrected chi connectivity index (χ4v) is 3.32. The van der Waals surface area contributed by atoms with E-state index < -0.39 is 0 Å². The van der Waals surface area contributed by atoms with Gasteiger partial charge in [-0.25, -0.2) is 0 Å². The Bertz CT molecular complexity index is 946. The average Bonchev–Trinajstić information content (AvgIpc) is 2.63. The van der Waals surface area contributed by atoms with Crippen LogP contribution in [0.3, 0.4) is 0 Å². The fraction of sp³-hybridized carbons (Fsp3) is 0. The summed E-state index contributed by atoms with van der Waals surface area (Å²) in [6, 6.07) is 18.0. The minimum absolute atomic E-state index is 0.0715. The van der Waals surface area contributed by atoms with E-state index in [1.54, 1.807) is 36.4 Å². The van der Waals surface area contributed by atoms with Crippen molar-refractivity contribution < 1.29 is 0 Å². The second-order valence-corrected chi connectivity index (χ2v) is 6.36. The standard InChI is InChI=1S/C18H8Cl2N4S/c19-14-5-1-3-11(7-14)17-16(13(9-21)10-22)18(24-25-23-17)12-4-2-6-15(20)8-12/h1-8H. The minimum Gasteiger partial charge on any atom is -0.192 e. The van der Waals surface area contributed by atoms with Gasteiger partial charge in [-0.3, -0.25) is 0 Å². The van der Waals surface area contributed by atoms with Crippen molar-refractivity contribution in [3.8, 4) is 12.1 Å². The SMILES string of the molecule is N#CC(C#N)=C1C(c2cccc(Cl)c2)=NSN=C1c1cccc(Cl)c1. The number of halogens is 2. The monoisotopic (exact) mass is 382 g/mol. The van der Waals surface area contributed by atoms with E-state index in [1.165, 1.54) is 0 Å². The Labute approximate surface area is 159 Å². The normalized spacial score (nSPS) is 13.4. The van der Waals surface area contributed by atoms with Crippen molar-refractivity contribution in [1.29, 1.82) is 10.5 Å². The quantitative estimate of drug-likeness (QED) is 0.529. The lowest BCUT2D eigenvalue weighted by molar-refractivity contribution is 1.44. The summed E-state index contributed by atoms with van der Waals surface area (Å²) in [6.07, 6.45) is 0. The lowest BCUT2D eigenvalue weighted by Gasteiger charge is -2.17. The van der Waals surface area contributed by atoms with Gasteiger partial charge in [0.1, 0.15) is 29.8 Å². The Morgan fingerprint density at radius 3 is 1.72 bits per heavy atom. The van der Waals surface area contributed by atoms with Crippen LogP contribution in [0.25, 0.3) is 0 Å². The van der Waals surface area contributed by atoms with Crippen LogP contribution in [0.1, 0.15) is 11.1 Å². The molecule has 0 saturated carbocycles. The van der Waals surface area contributed by atoms with Crippen molar-refractivity contribution in [2.45, 2.75) is 0 Å². The molecule has 7 heteroatoms. The third-order valence-electron chi connectivity index (χ3n) is 3.41. The van der Waals surface area contributed by atoms with E-state index in [2.05, 4.69) is 8.80 Å². The van der Waals surface area contributed by atoms with Crippen LogP contribution in [0, 0.1) is 22.7 Å². The molecule has 0 amide bonds. The molecule has 0 radical (unpaired) electrons. The van der Waals surface area contributed by atoms with E-state index in [0.717, 1.165) is 12.1 Å². The summed E-state index contributed by atoms with van der Waals surface area (Å²) in [6.45, 7) is 0. The van der Waals surface area contributed by atoms with Crippen LogP contribution >= 0.6 is 35.3 Å². The molecule has 0 spiro atoms. The van der Waals surface area contributed by atoms with E-state index in [4.69, 9.17) is 23.2 Å². The molecular weight excluding hydrogens is 375 g/mol. The summed E-state index contributed by atoms with van der Waals surface area (Å²) < 4.78 is 8.66. The van der Waals surface area contributed by atoms with Crippen molar-refractivity contribution in [3.05, 3.63) is 80.8 Å². The van der Waals surface area contributed by atoms with Crippen LogP contribution in [0.4, 0.5) is 0 Å². The van der Waals surface area contributed by atoms with Crippen molar-refractivity contribution >= 4 is 46.8 Å². The molecule has 0 aliphatic carbocycles. The van der Waals surface area contributed by atoms with Crippen LogP contribution in [-0.2, 0) is 0 Å². The van der Waals surface area contributed by atoms with Gasteiger partial charge >= 0.3 is 0 Å². The maximum absolute atomic E-state index is 9.42. The highest BCUT2D eigenvalue weighted by atomic mass is 35.5. The first kappa shape index (κ1) is 17.3. The van der Waals surface area contributed by atoms with Crippen LogP contribution in [-0.4, -0.2) is 11.4 Å². The van der Waals surface area contributed by atoms with Gasteiger partial charge in [-0.1, -0.05) is 47.5 Å².